The zero-order valence-electron chi connectivity index (χ0n) is 14.3. The Morgan fingerprint density at radius 2 is 2.00 bits per heavy atom. The van der Waals surface area contributed by atoms with E-state index < -0.39 is 0 Å². The molecule has 1 aliphatic rings. The smallest absolute Gasteiger partial charge is 0.318 e. The van der Waals surface area contributed by atoms with Gasteiger partial charge in [0.2, 0.25) is 0 Å². The Morgan fingerprint density at radius 1 is 1.19 bits per heavy atom. The number of nitrogens with zero attached hydrogens (tertiary/aromatic N) is 3. The Labute approximate surface area is 151 Å². The van der Waals surface area contributed by atoms with Gasteiger partial charge in [-0.1, -0.05) is 35.5 Å². The van der Waals surface area contributed by atoms with Crippen molar-refractivity contribution in [2.75, 3.05) is 6.54 Å². The van der Waals surface area contributed by atoms with Crippen molar-refractivity contribution in [1.29, 1.82) is 0 Å². The van der Waals surface area contributed by atoms with Crippen molar-refractivity contribution in [2.24, 2.45) is 0 Å². The van der Waals surface area contributed by atoms with Crippen molar-refractivity contribution in [3.05, 3.63) is 72.2 Å². The largest absolute Gasteiger partial charge is 0.359 e. The van der Waals surface area contributed by atoms with E-state index in [1.54, 1.807) is 12.4 Å². The molecule has 1 N–H and O–H groups in total. The standard InChI is InChI=1S/C20H20N4O2/c25-20(24-12-4-7-19(24)16-8-10-21-11-9-16)22-14-17-13-18(23-26-17)15-5-2-1-3-6-15/h1-3,5-6,8-11,13,19H,4,7,12,14H2,(H,22,25)/t19-/m0/s1. The normalized spacial score (nSPS) is 16.6. The fourth-order valence-corrected chi connectivity index (χ4v) is 3.35. The topological polar surface area (TPSA) is 71.3 Å². The minimum atomic E-state index is -0.0815. The van der Waals surface area contributed by atoms with Gasteiger partial charge in [0.15, 0.2) is 5.76 Å². The average molecular weight is 348 g/mol. The van der Waals surface area contributed by atoms with Crippen LogP contribution >= 0.6 is 0 Å². The Hall–Kier alpha value is -3.15. The molecule has 1 fully saturated rings. The van der Waals surface area contributed by atoms with E-state index in [2.05, 4.69) is 15.5 Å². The molecular formula is C20H20N4O2. The summed E-state index contributed by atoms with van der Waals surface area (Å²) < 4.78 is 5.35. The first-order valence-corrected chi connectivity index (χ1v) is 8.76. The van der Waals surface area contributed by atoms with Crippen molar-refractivity contribution in [3.8, 4) is 11.3 Å². The van der Waals surface area contributed by atoms with Gasteiger partial charge in [-0.3, -0.25) is 4.98 Å². The number of nitrogens with one attached hydrogen (secondary N) is 1. The summed E-state index contributed by atoms with van der Waals surface area (Å²) in [6.07, 6.45) is 5.51. The lowest BCUT2D eigenvalue weighted by Crippen LogP contribution is -2.39. The molecule has 4 rings (SSSR count). The first-order chi connectivity index (χ1) is 12.8. The van der Waals surface area contributed by atoms with E-state index in [9.17, 15) is 4.79 Å². The lowest BCUT2D eigenvalue weighted by Gasteiger charge is -2.25. The van der Waals surface area contributed by atoms with Crippen molar-refractivity contribution in [3.63, 3.8) is 0 Å². The molecular weight excluding hydrogens is 328 g/mol. The summed E-state index contributed by atoms with van der Waals surface area (Å²) >= 11 is 0. The molecule has 1 atom stereocenters. The molecule has 6 nitrogen and oxygen atoms in total. The van der Waals surface area contributed by atoms with Gasteiger partial charge in [-0.2, -0.15) is 0 Å². The van der Waals surface area contributed by atoms with Crippen LogP contribution in [0.4, 0.5) is 4.79 Å². The van der Waals surface area contributed by atoms with Gasteiger partial charge in [-0.25, -0.2) is 4.79 Å². The van der Waals surface area contributed by atoms with E-state index in [4.69, 9.17) is 4.52 Å². The van der Waals surface area contributed by atoms with E-state index in [0.29, 0.717) is 12.3 Å². The summed E-state index contributed by atoms with van der Waals surface area (Å²) in [4.78, 5) is 18.5. The molecule has 0 aliphatic carbocycles. The molecule has 0 radical (unpaired) electrons. The number of aromatic nitrogens is 2. The molecule has 0 unspecified atom stereocenters. The predicted molar refractivity (Wildman–Crippen MR) is 97.1 cm³/mol. The lowest BCUT2D eigenvalue weighted by molar-refractivity contribution is 0.191. The molecule has 1 aromatic carbocycles. The van der Waals surface area contributed by atoms with Gasteiger partial charge in [0.25, 0.3) is 0 Å². The van der Waals surface area contributed by atoms with Crippen molar-refractivity contribution < 1.29 is 9.32 Å². The fourth-order valence-electron chi connectivity index (χ4n) is 3.35. The lowest BCUT2D eigenvalue weighted by atomic mass is 10.1. The van der Waals surface area contributed by atoms with Crippen LogP contribution in [0.15, 0.2) is 65.4 Å². The average Bonchev–Trinajstić information content (AvgIpc) is 3.37. The molecule has 0 bridgehead atoms. The molecule has 3 aromatic rings. The van der Waals surface area contributed by atoms with Crippen LogP contribution in [0, 0.1) is 0 Å². The van der Waals surface area contributed by atoms with Gasteiger partial charge in [-0.15, -0.1) is 0 Å². The Bertz CT molecular complexity index is 864. The van der Waals surface area contributed by atoms with E-state index >= 15 is 0 Å². The first kappa shape index (κ1) is 16.3. The Kier molecular flexibility index (Phi) is 4.64. The van der Waals surface area contributed by atoms with E-state index in [-0.39, 0.29) is 12.1 Å². The summed E-state index contributed by atoms with van der Waals surface area (Å²) in [6.45, 7) is 1.07. The third-order valence-corrected chi connectivity index (χ3v) is 4.65. The van der Waals surface area contributed by atoms with Crippen LogP contribution in [0.3, 0.4) is 0 Å². The zero-order valence-corrected chi connectivity index (χ0v) is 14.3. The van der Waals surface area contributed by atoms with Crippen LogP contribution in [-0.4, -0.2) is 27.6 Å². The van der Waals surface area contributed by atoms with Crippen LogP contribution in [0.1, 0.15) is 30.2 Å². The number of hydrogen-bond donors (Lipinski definition) is 1. The second-order valence-electron chi connectivity index (χ2n) is 6.34. The second kappa shape index (κ2) is 7.39. The number of pyridine rings is 1. The molecule has 0 saturated carbocycles. The minimum absolute atomic E-state index is 0.0815. The molecule has 1 aliphatic heterocycles. The molecule has 132 valence electrons. The third kappa shape index (κ3) is 3.44. The summed E-state index contributed by atoms with van der Waals surface area (Å²) in [7, 11) is 0. The van der Waals surface area contributed by atoms with Gasteiger partial charge in [0.1, 0.15) is 5.69 Å². The van der Waals surface area contributed by atoms with Gasteiger partial charge < -0.3 is 14.7 Å². The van der Waals surface area contributed by atoms with Crippen LogP contribution in [0.2, 0.25) is 0 Å². The highest BCUT2D eigenvalue weighted by atomic mass is 16.5. The minimum Gasteiger partial charge on any atom is -0.359 e. The van der Waals surface area contributed by atoms with Crippen molar-refractivity contribution in [1.82, 2.24) is 20.4 Å². The van der Waals surface area contributed by atoms with E-state index in [1.807, 2.05) is 53.4 Å². The molecule has 2 amide bonds. The maximum Gasteiger partial charge on any atom is 0.318 e. The number of amides is 2. The quantitative estimate of drug-likeness (QED) is 0.779. The molecule has 26 heavy (non-hydrogen) atoms. The second-order valence-corrected chi connectivity index (χ2v) is 6.34. The van der Waals surface area contributed by atoms with Crippen molar-refractivity contribution >= 4 is 6.03 Å². The van der Waals surface area contributed by atoms with E-state index in [0.717, 1.165) is 36.2 Å². The number of benzene rings is 1. The van der Waals surface area contributed by atoms with Gasteiger partial charge in [0.05, 0.1) is 12.6 Å². The highest BCUT2D eigenvalue weighted by Gasteiger charge is 2.29. The number of rotatable bonds is 4. The maximum absolute atomic E-state index is 12.6. The zero-order chi connectivity index (χ0) is 17.8. The van der Waals surface area contributed by atoms with Crippen molar-refractivity contribution in [2.45, 2.75) is 25.4 Å². The van der Waals surface area contributed by atoms with E-state index in [1.165, 1.54) is 0 Å². The summed E-state index contributed by atoms with van der Waals surface area (Å²) in [5.74, 6) is 0.636. The SMILES string of the molecule is O=C(NCc1cc(-c2ccccc2)no1)N1CCC[C@H]1c1ccncc1. The van der Waals surface area contributed by atoms with Gasteiger partial charge in [0, 0.05) is 30.6 Å². The highest BCUT2D eigenvalue weighted by Crippen LogP contribution is 2.31. The summed E-state index contributed by atoms with van der Waals surface area (Å²) in [6, 6.07) is 15.6. The van der Waals surface area contributed by atoms with Crippen LogP contribution in [0.5, 0.6) is 0 Å². The van der Waals surface area contributed by atoms with Gasteiger partial charge >= 0.3 is 6.03 Å². The van der Waals surface area contributed by atoms with Crippen LogP contribution in [0.25, 0.3) is 11.3 Å². The molecule has 3 heterocycles. The van der Waals surface area contributed by atoms with Gasteiger partial charge in [-0.05, 0) is 30.5 Å². The Morgan fingerprint density at radius 3 is 2.81 bits per heavy atom. The monoisotopic (exact) mass is 348 g/mol. The maximum atomic E-state index is 12.6. The molecule has 6 heteroatoms. The number of hydrogen-bond acceptors (Lipinski definition) is 4. The molecule has 2 aromatic heterocycles. The summed E-state index contributed by atoms with van der Waals surface area (Å²) in [5.41, 5.74) is 2.88. The number of urea groups is 1. The fraction of sp³-hybridized carbons (Fsp3) is 0.250. The number of carbonyl (C=O) groups is 1. The highest BCUT2D eigenvalue weighted by molar-refractivity contribution is 5.75. The van der Waals surface area contributed by atoms with Crippen LogP contribution < -0.4 is 5.32 Å². The first-order valence-electron chi connectivity index (χ1n) is 8.76. The van der Waals surface area contributed by atoms with Crippen LogP contribution in [-0.2, 0) is 6.54 Å². The Balaban J connectivity index is 1.39. The number of carbonyl (C=O) groups excluding carboxylic acids is 1. The predicted octanol–water partition coefficient (Wildman–Crippen LogP) is 3.78. The third-order valence-electron chi connectivity index (χ3n) is 4.65. The molecule has 0 spiro atoms. The molecule has 1 saturated heterocycles. The number of likely N-dealkylation sites (tertiary alicyclic amines) is 1. The summed E-state index contributed by atoms with van der Waals surface area (Å²) in [5, 5.41) is 7.02.